The van der Waals surface area contributed by atoms with Gasteiger partial charge in [-0.15, -0.1) is 0 Å². The molecule has 134 valence electrons. The van der Waals surface area contributed by atoms with Gasteiger partial charge >= 0.3 is 17.8 Å². The number of rotatable bonds is 3. The minimum Gasteiger partial charge on any atom is -0.480 e. The maximum absolute atomic E-state index is 13.3. The summed E-state index contributed by atoms with van der Waals surface area (Å²) in [6.07, 6.45) is -3.62. The van der Waals surface area contributed by atoms with Crippen LogP contribution in [0.1, 0.15) is 35.8 Å². The molecule has 6 nitrogen and oxygen atoms in total. The molecule has 25 heavy (non-hydrogen) atoms. The second-order valence-corrected chi connectivity index (χ2v) is 5.78. The number of carboxylic acids is 1. The summed E-state index contributed by atoms with van der Waals surface area (Å²) in [5, 5.41) is 13.2. The Hall–Kier alpha value is -2.65. The van der Waals surface area contributed by atoms with Crippen LogP contribution >= 0.6 is 0 Å². The van der Waals surface area contributed by atoms with Crippen molar-refractivity contribution in [3.63, 3.8) is 0 Å². The molecule has 0 fully saturated rings. The van der Waals surface area contributed by atoms with Gasteiger partial charge in [-0.1, -0.05) is 6.07 Å². The number of hydrogen-bond donors (Lipinski definition) is 1. The molecule has 1 aliphatic heterocycles. The van der Waals surface area contributed by atoms with Gasteiger partial charge in [0.1, 0.15) is 17.7 Å². The van der Waals surface area contributed by atoms with Crippen LogP contribution in [0.3, 0.4) is 0 Å². The molecule has 1 aliphatic rings. The van der Waals surface area contributed by atoms with Gasteiger partial charge in [0.15, 0.2) is 0 Å². The number of nitrogens with zero attached hydrogens (tertiary/aromatic N) is 3. The first-order valence-electron chi connectivity index (χ1n) is 7.45. The number of fused-ring (bicyclic) bond motifs is 1. The van der Waals surface area contributed by atoms with Crippen molar-refractivity contribution in [2.24, 2.45) is 0 Å². The molecule has 1 aromatic carbocycles. The van der Waals surface area contributed by atoms with Gasteiger partial charge in [0.2, 0.25) is 0 Å². The Kier molecular flexibility index (Phi) is 4.13. The highest BCUT2D eigenvalue weighted by Gasteiger charge is 2.34. The molecule has 1 unspecified atom stereocenters. The van der Waals surface area contributed by atoms with Crippen molar-refractivity contribution in [1.29, 1.82) is 0 Å². The van der Waals surface area contributed by atoms with Crippen molar-refractivity contribution in [3.8, 4) is 0 Å². The lowest BCUT2D eigenvalue weighted by molar-refractivity contribution is -0.142. The maximum Gasteiger partial charge on any atom is 0.419 e. The van der Waals surface area contributed by atoms with E-state index in [1.165, 1.54) is 0 Å². The Morgan fingerprint density at radius 1 is 1.36 bits per heavy atom. The first kappa shape index (κ1) is 17.2. The van der Waals surface area contributed by atoms with E-state index in [4.69, 9.17) is 0 Å². The molecule has 2 aromatic rings. The van der Waals surface area contributed by atoms with Crippen LogP contribution in [0.4, 0.5) is 17.6 Å². The van der Waals surface area contributed by atoms with Crippen molar-refractivity contribution >= 4 is 5.97 Å². The SMILES string of the molecule is O=C(O)C1CCCc2nn(Cc3ccc(F)c(C(F)(F)F)c3)c(=O)n21. The average molecular weight is 359 g/mol. The second-order valence-electron chi connectivity index (χ2n) is 5.78. The molecular formula is C15H13F4N3O3. The van der Waals surface area contributed by atoms with Gasteiger partial charge in [0, 0.05) is 6.42 Å². The van der Waals surface area contributed by atoms with Crippen LogP contribution in [-0.2, 0) is 23.9 Å². The molecule has 1 N–H and O–H groups in total. The number of hydrogen-bond acceptors (Lipinski definition) is 3. The standard InChI is InChI=1S/C15H13F4N3O3/c16-10-5-4-8(6-9(10)15(17,18)19)7-21-14(25)22-11(13(23)24)2-1-3-12(22)20-21/h4-6,11H,1-3,7H2,(H,23,24). The third-order valence-electron chi connectivity index (χ3n) is 4.08. The molecular weight excluding hydrogens is 346 g/mol. The van der Waals surface area contributed by atoms with E-state index >= 15 is 0 Å². The number of halogens is 4. The first-order valence-corrected chi connectivity index (χ1v) is 7.45. The fraction of sp³-hybridized carbons (Fsp3) is 0.400. The summed E-state index contributed by atoms with van der Waals surface area (Å²) in [5.41, 5.74) is -2.09. The van der Waals surface area contributed by atoms with Crippen molar-refractivity contribution < 1.29 is 27.5 Å². The smallest absolute Gasteiger partial charge is 0.419 e. The summed E-state index contributed by atoms with van der Waals surface area (Å²) < 4.78 is 53.6. The lowest BCUT2D eigenvalue weighted by Crippen LogP contribution is -2.34. The third-order valence-corrected chi connectivity index (χ3v) is 4.08. The highest BCUT2D eigenvalue weighted by Crippen LogP contribution is 2.32. The van der Waals surface area contributed by atoms with Crippen molar-refractivity contribution in [2.45, 2.75) is 38.0 Å². The molecule has 1 atom stereocenters. The molecule has 3 rings (SSSR count). The number of aromatic nitrogens is 3. The van der Waals surface area contributed by atoms with Crippen molar-refractivity contribution in [3.05, 3.63) is 51.5 Å². The summed E-state index contributed by atoms with van der Waals surface area (Å²) in [7, 11) is 0. The van der Waals surface area contributed by atoms with E-state index in [0.717, 1.165) is 15.3 Å². The molecule has 0 amide bonds. The van der Waals surface area contributed by atoms with Crippen molar-refractivity contribution in [2.75, 3.05) is 0 Å². The van der Waals surface area contributed by atoms with Crippen LogP contribution in [0.15, 0.2) is 23.0 Å². The Balaban J connectivity index is 1.98. The van der Waals surface area contributed by atoms with E-state index in [1.807, 2.05) is 0 Å². The number of alkyl halides is 3. The quantitative estimate of drug-likeness (QED) is 0.853. The van der Waals surface area contributed by atoms with Gasteiger partial charge < -0.3 is 5.11 Å². The van der Waals surface area contributed by atoms with Gasteiger partial charge in [-0.3, -0.25) is 4.57 Å². The highest BCUT2D eigenvalue weighted by atomic mass is 19.4. The number of benzene rings is 1. The summed E-state index contributed by atoms with van der Waals surface area (Å²) in [4.78, 5) is 23.7. The number of aliphatic carboxylic acids is 1. The average Bonchev–Trinajstić information content (AvgIpc) is 2.84. The fourth-order valence-corrected chi connectivity index (χ4v) is 2.93. The minimum absolute atomic E-state index is 0.0400. The van der Waals surface area contributed by atoms with Gasteiger partial charge in [0.05, 0.1) is 12.1 Å². The van der Waals surface area contributed by atoms with Gasteiger partial charge in [0.25, 0.3) is 0 Å². The zero-order chi connectivity index (χ0) is 18.4. The largest absolute Gasteiger partial charge is 0.480 e. The minimum atomic E-state index is -4.85. The Morgan fingerprint density at radius 2 is 2.08 bits per heavy atom. The Labute approximate surface area is 138 Å². The molecule has 0 aliphatic carbocycles. The maximum atomic E-state index is 13.3. The van der Waals surface area contributed by atoms with Gasteiger partial charge in [-0.05, 0) is 30.5 Å². The van der Waals surface area contributed by atoms with Crippen molar-refractivity contribution in [1.82, 2.24) is 14.3 Å². The van der Waals surface area contributed by atoms with E-state index in [2.05, 4.69) is 5.10 Å². The molecule has 0 saturated heterocycles. The first-order chi connectivity index (χ1) is 11.7. The van der Waals surface area contributed by atoms with Crippen LogP contribution < -0.4 is 5.69 Å². The molecule has 1 aromatic heterocycles. The normalized spacial score (nSPS) is 17.4. The summed E-state index contributed by atoms with van der Waals surface area (Å²) >= 11 is 0. The zero-order valence-electron chi connectivity index (χ0n) is 12.8. The van der Waals surface area contributed by atoms with Gasteiger partial charge in [-0.25, -0.2) is 18.7 Å². The Morgan fingerprint density at radius 3 is 2.72 bits per heavy atom. The summed E-state index contributed by atoms with van der Waals surface area (Å²) in [6, 6.07) is 1.39. The van der Waals surface area contributed by atoms with E-state index in [1.54, 1.807) is 0 Å². The van der Waals surface area contributed by atoms with Crippen LogP contribution in [-0.4, -0.2) is 25.4 Å². The molecule has 10 heteroatoms. The predicted molar refractivity (Wildman–Crippen MR) is 76.6 cm³/mol. The monoisotopic (exact) mass is 359 g/mol. The van der Waals surface area contributed by atoms with E-state index in [-0.39, 0.29) is 24.4 Å². The molecule has 0 spiro atoms. The third kappa shape index (κ3) is 3.15. The topological polar surface area (TPSA) is 77.1 Å². The molecule has 0 radical (unpaired) electrons. The van der Waals surface area contributed by atoms with Crippen LogP contribution in [0.25, 0.3) is 0 Å². The van der Waals surface area contributed by atoms with E-state index in [0.29, 0.717) is 25.0 Å². The molecule has 2 heterocycles. The van der Waals surface area contributed by atoms with E-state index < -0.39 is 35.3 Å². The van der Waals surface area contributed by atoms with Gasteiger partial charge in [-0.2, -0.15) is 18.3 Å². The molecule has 0 saturated carbocycles. The predicted octanol–water partition coefficient (Wildman–Crippen LogP) is 2.21. The van der Waals surface area contributed by atoms with Crippen LogP contribution in [0, 0.1) is 5.82 Å². The summed E-state index contributed by atoms with van der Waals surface area (Å²) in [6.45, 7) is -0.311. The lowest BCUT2D eigenvalue weighted by Gasteiger charge is -2.19. The summed E-state index contributed by atoms with van der Waals surface area (Å²) in [5.74, 6) is -2.29. The van der Waals surface area contributed by atoms with Crippen LogP contribution in [0.5, 0.6) is 0 Å². The number of carboxylic acid groups (broad SMARTS) is 1. The number of carbonyl (C=O) groups is 1. The lowest BCUT2D eigenvalue weighted by atomic mass is 10.1. The second kappa shape index (κ2) is 6.01. The fourth-order valence-electron chi connectivity index (χ4n) is 2.93. The zero-order valence-corrected chi connectivity index (χ0v) is 12.8. The molecule has 0 bridgehead atoms. The Bertz CT molecular complexity index is 885. The van der Waals surface area contributed by atoms with E-state index in [9.17, 15) is 32.3 Å². The number of aryl methyl sites for hydroxylation is 1. The highest BCUT2D eigenvalue weighted by molar-refractivity contribution is 5.72. The van der Waals surface area contributed by atoms with Crippen LogP contribution in [0.2, 0.25) is 0 Å².